The van der Waals surface area contributed by atoms with Crippen molar-refractivity contribution < 1.29 is 9.32 Å². The first-order valence-corrected chi connectivity index (χ1v) is 9.89. The molecule has 1 aliphatic heterocycles. The minimum absolute atomic E-state index is 0.102. The van der Waals surface area contributed by atoms with E-state index in [1.54, 1.807) is 13.0 Å². The molecule has 10 nitrogen and oxygen atoms in total. The zero-order chi connectivity index (χ0) is 20.7. The molecule has 5 rings (SSSR count). The number of nitrogens with one attached hydrogen (secondary N) is 1. The van der Waals surface area contributed by atoms with E-state index in [1.165, 1.54) is 0 Å². The van der Waals surface area contributed by atoms with E-state index in [0.29, 0.717) is 23.9 Å². The van der Waals surface area contributed by atoms with Gasteiger partial charge in [-0.1, -0.05) is 17.3 Å². The SMILES string of the molecule is Cc1nc2c3ccccc3nc(N3CCN(CC(=O)Nc4cc(C)on4)CC3)n2n1. The summed E-state index contributed by atoms with van der Waals surface area (Å²) >= 11 is 0. The third-order valence-electron chi connectivity index (χ3n) is 5.19. The quantitative estimate of drug-likeness (QED) is 0.545. The summed E-state index contributed by atoms with van der Waals surface area (Å²) in [5.41, 5.74) is 1.72. The van der Waals surface area contributed by atoms with Crippen molar-refractivity contribution in [3.05, 3.63) is 41.9 Å². The van der Waals surface area contributed by atoms with Crippen LogP contribution in [0.1, 0.15) is 11.6 Å². The van der Waals surface area contributed by atoms with Gasteiger partial charge in [0, 0.05) is 37.6 Å². The zero-order valence-electron chi connectivity index (χ0n) is 16.9. The summed E-state index contributed by atoms with van der Waals surface area (Å²) in [5, 5.41) is 12.1. The number of para-hydroxylation sites is 1. The van der Waals surface area contributed by atoms with Crippen molar-refractivity contribution in [1.29, 1.82) is 0 Å². The highest BCUT2D eigenvalue weighted by molar-refractivity contribution is 5.92. The summed E-state index contributed by atoms with van der Waals surface area (Å²) in [4.78, 5) is 26.1. The standard InChI is InChI=1S/C20H22N8O2/c1-13-11-17(25-30-13)23-18(29)12-26-7-9-27(10-8-26)20-22-16-6-4-3-5-15(16)19-21-14(2)24-28(19)20/h3-6,11H,7-10,12H2,1-2H3,(H,23,25,29). The van der Waals surface area contributed by atoms with Crippen molar-refractivity contribution >= 4 is 34.2 Å². The van der Waals surface area contributed by atoms with Crippen LogP contribution in [-0.4, -0.2) is 68.3 Å². The minimum Gasteiger partial charge on any atom is -0.360 e. The maximum Gasteiger partial charge on any atom is 0.239 e. The monoisotopic (exact) mass is 406 g/mol. The number of hydrogen-bond acceptors (Lipinski definition) is 8. The fourth-order valence-corrected chi connectivity index (χ4v) is 3.77. The lowest BCUT2D eigenvalue weighted by atomic mass is 10.2. The number of rotatable bonds is 4. The molecule has 10 heteroatoms. The number of carbonyl (C=O) groups excluding carboxylic acids is 1. The van der Waals surface area contributed by atoms with Gasteiger partial charge < -0.3 is 14.7 Å². The number of fused-ring (bicyclic) bond motifs is 3. The predicted octanol–water partition coefficient (Wildman–Crippen LogP) is 1.64. The summed E-state index contributed by atoms with van der Waals surface area (Å²) < 4.78 is 6.81. The molecule has 154 valence electrons. The number of aromatic nitrogens is 5. The lowest BCUT2D eigenvalue weighted by molar-refractivity contribution is -0.117. The number of hydrogen-bond donors (Lipinski definition) is 1. The summed E-state index contributed by atoms with van der Waals surface area (Å²) in [6.45, 7) is 6.97. The van der Waals surface area contributed by atoms with Crippen LogP contribution < -0.4 is 10.2 Å². The highest BCUT2D eigenvalue weighted by Gasteiger charge is 2.23. The van der Waals surface area contributed by atoms with Crippen molar-refractivity contribution in [1.82, 2.24) is 29.6 Å². The van der Waals surface area contributed by atoms with E-state index in [0.717, 1.165) is 48.7 Å². The molecule has 4 aromatic rings. The third kappa shape index (κ3) is 3.45. The van der Waals surface area contributed by atoms with Crippen molar-refractivity contribution in [3.8, 4) is 0 Å². The van der Waals surface area contributed by atoms with E-state index in [9.17, 15) is 4.79 Å². The maximum absolute atomic E-state index is 12.3. The number of benzene rings is 1. The Morgan fingerprint density at radius 2 is 1.93 bits per heavy atom. The minimum atomic E-state index is -0.102. The number of carbonyl (C=O) groups is 1. The second-order valence-electron chi connectivity index (χ2n) is 7.46. The van der Waals surface area contributed by atoms with Crippen molar-refractivity contribution in [3.63, 3.8) is 0 Å². The maximum atomic E-state index is 12.3. The Morgan fingerprint density at radius 3 is 2.70 bits per heavy atom. The van der Waals surface area contributed by atoms with E-state index in [1.807, 2.05) is 35.7 Å². The van der Waals surface area contributed by atoms with Gasteiger partial charge in [0.1, 0.15) is 11.6 Å². The molecule has 1 aliphatic rings. The Hall–Kier alpha value is -3.53. The molecule has 1 amide bonds. The predicted molar refractivity (Wildman–Crippen MR) is 112 cm³/mol. The Kier molecular flexibility index (Phi) is 4.55. The molecule has 1 fully saturated rings. The van der Waals surface area contributed by atoms with Crippen LogP contribution in [0, 0.1) is 13.8 Å². The van der Waals surface area contributed by atoms with E-state index in [-0.39, 0.29) is 5.91 Å². The van der Waals surface area contributed by atoms with E-state index >= 15 is 0 Å². The van der Waals surface area contributed by atoms with Gasteiger partial charge >= 0.3 is 0 Å². The lowest BCUT2D eigenvalue weighted by Gasteiger charge is -2.34. The Labute approximate surface area is 172 Å². The smallest absolute Gasteiger partial charge is 0.239 e. The van der Waals surface area contributed by atoms with Crippen molar-refractivity contribution in [2.24, 2.45) is 0 Å². The average Bonchev–Trinajstić information content (AvgIpc) is 3.33. The zero-order valence-corrected chi connectivity index (χ0v) is 16.9. The third-order valence-corrected chi connectivity index (χ3v) is 5.19. The Balaban J connectivity index is 1.30. The van der Waals surface area contributed by atoms with Gasteiger partial charge in [-0.2, -0.15) is 4.52 Å². The highest BCUT2D eigenvalue weighted by Crippen LogP contribution is 2.23. The molecule has 1 aromatic carbocycles. The number of aryl methyl sites for hydroxylation is 2. The molecule has 0 unspecified atom stereocenters. The molecule has 0 saturated carbocycles. The normalized spacial score (nSPS) is 15.2. The number of nitrogens with zero attached hydrogens (tertiary/aromatic N) is 7. The van der Waals surface area contributed by atoms with Gasteiger partial charge in [0.05, 0.1) is 12.1 Å². The van der Waals surface area contributed by atoms with Crippen molar-refractivity contribution in [2.45, 2.75) is 13.8 Å². The topological polar surface area (TPSA) is 105 Å². The molecule has 0 bridgehead atoms. The van der Waals surface area contributed by atoms with Crippen LogP contribution in [0.5, 0.6) is 0 Å². The van der Waals surface area contributed by atoms with Gasteiger partial charge in [-0.15, -0.1) is 5.10 Å². The molecule has 1 N–H and O–H groups in total. The van der Waals surface area contributed by atoms with Gasteiger partial charge in [0.2, 0.25) is 11.9 Å². The van der Waals surface area contributed by atoms with Gasteiger partial charge in [0.25, 0.3) is 0 Å². The van der Waals surface area contributed by atoms with Gasteiger partial charge in [-0.05, 0) is 26.0 Å². The summed E-state index contributed by atoms with van der Waals surface area (Å²) in [7, 11) is 0. The number of amides is 1. The molecular weight excluding hydrogens is 384 g/mol. The molecular formula is C20H22N8O2. The number of anilines is 2. The van der Waals surface area contributed by atoms with Gasteiger partial charge in [0.15, 0.2) is 11.5 Å². The first kappa shape index (κ1) is 18.5. The number of piperazine rings is 1. The van der Waals surface area contributed by atoms with E-state index in [4.69, 9.17) is 9.51 Å². The molecule has 0 aliphatic carbocycles. The van der Waals surface area contributed by atoms with Crippen LogP contribution in [0.2, 0.25) is 0 Å². The molecule has 3 aromatic heterocycles. The van der Waals surface area contributed by atoms with Crippen LogP contribution in [-0.2, 0) is 4.79 Å². The average molecular weight is 406 g/mol. The molecule has 1 saturated heterocycles. The Morgan fingerprint density at radius 1 is 1.13 bits per heavy atom. The van der Waals surface area contributed by atoms with Crippen LogP contribution in [0.15, 0.2) is 34.9 Å². The van der Waals surface area contributed by atoms with E-state index in [2.05, 4.69) is 30.4 Å². The van der Waals surface area contributed by atoms with Crippen LogP contribution in [0.25, 0.3) is 16.6 Å². The summed E-state index contributed by atoms with van der Waals surface area (Å²) in [6, 6.07) is 9.67. The van der Waals surface area contributed by atoms with Gasteiger partial charge in [-0.25, -0.2) is 9.97 Å². The van der Waals surface area contributed by atoms with Crippen LogP contribution in [0.4, 0.5) is 11.8 Å². The highest BCUT2D eigenvalue weighted by atomic mass is 16.5. The fraction of sp³-hybridized carbons (Fsp3) is 0.350. The molecule has 30 heavy (non-hydrogen) atoms. The van der Waals surface area contributed by atoms with Crippen LogP contribution >= 0.6 is 0 Å². The largest absolute Gasteiger partial charge is 0.360 e. The molecule has 4 heterocycles. The molecule has 0 spiro atoms. The first-order valence-electron chi connectivity index (χ1n) is 9.89. The molecule has 0 radical (unpaired) electrons. The second-order valence-corrected chi connectivity index (χ2v) is 7.46. The van der Waals surface area contributed by atoms with Crippen LogP contribution in [0.3, 0.4) is 0 Å². The summed E-state index contributed by atoms with van der Waals surface area (Å²) in [5.74, 6) is 2.51. The second kappa shape index (κ2) is 7.38. The van der Waals surface area contributed by atoms with Gasteiger partial charge in [-0.3, -0.25) is 9.69 Å². The van der Waals surface area contributed by atoms with E-state index < -0.39 is 0 Å². The fourth-order valence-electron chi connectivity index (χ4n) is 3.77. The Bertz CT molecular complexity index is 1220. The molecule has 0 atom stereocenters. The van der Waals surface area contributed by atoms with Crippen molar-refractivity contribution in [2.75, 3.05) is 42.9 Å². The lowest BCUT2D eigenvalue weighted by Crippen LogP contribution is -2.49. The summed E-state index contributed by atoms with van der Waals surface area (Å²) in [6.07, 6.45) is 0. The first-order chi connectivity index (χ1) is 14.6.